The van der Waals surface area contributed by atoms with Crippen molar-refractivity contribution in [3.8, 4) is 0 Å². The summed E-state index contributed by atoms with van der Waals surface area (Å²) in [5.41, 5.74) is 7.62. The normalized spacial score (nSPS) is 20.1. The minimum Gasteiger partial charge on any atom is -0.384 e. The van der Waals surface area contributed by atoms with E-state index in [4.69, 9.17) is 11.1 Å². The average Bonchev–Trinajstić information content (AvgIpc) is 2.76. The van der Waals surface area contributed by atoms with Crippen LogP contribution in [0.4, 0.5) is 0 Å². The molecular weight excluding hydrogens is 236 g/mol. The predicted molar refractivity (Wildman–Crippen MR) is 79.4 cm³/mol. The SMILES string of the molecule is CN(C)CC1CCCN1Cc1cccc(C(=N)N)c1. The molecule has 1 heterocycles. The Morgan fingerprint density at radius 2 is 2.26 bits per heavy atom. The lowest BCUT2D eigenvalue weighted by Crippen LogP contribution is -2.37. The van der Waals surface area contributed by atoms with E-state index in [1.807, 2.05) is 18.2 Å². The van der Waals surface area contributed by atoms with E-state index >= 15 is 0 Å². The molecule has 1 aliphatic heterocycles. The molecule has 4 nitrogen and oxygen atoms in total. The highest BCUT2D eigenvalue weighted by Crippen LogP contribution is 2.20. The molecule has 1 fully saturated rings. The molecule has 4 heteroatoms. The summed E-state index contributed by atoms with van der Waals surface area (Å²) < 4.78 is 0. The first-order valence-electron chi connectivity index (χ1n) is 6.88. The number of hydrogen-bond acceptors (Lipinski definition) is 3. The number of hydrogen-bond donors (Lipinski definition) is 2. The molecular formula is C15H24N4. The fourth-order valence-corrected chi connectivity index (χ4v) is 2.80. The molecule has 19 heavy (non-hydrogen) atoms. The van der Waals surface area contributed by atoms with E-state index in [0.29, 0.717) is 6.04 Å². The Kier molecular flexibility index (Phi) is 4.56. The monoisotopic (exact) mass is 260 g/mol. The maximum Gasteiger partial charge on any atom is 0.122 e. The fraction of sp³-hybridized carbons (Fsp3) is 0.533. The first-order chi connectivity index (χ1) is 9.06. The Hall–Kier alpha value is -1.39. The number of benzene rings is 1. The fourth-order valence-electron chi connectivity index (χ4n) is 2.80. The summed E-state index contributed by atoms with van der Waals surface area (Å²) in [5.74, 6) is 0.146. The lowest BCUT2D eigenvalue weighted by Gasteiger charge is -2.27. The van der Waals surface area contributed by atoms with Crippen molar-refractivity contribution in [3.63, 3.8) is 0 Å². The van der Waals surface area contributed by atoms with Crippen LogP contribution in [0.5, 0.6) is 0 Å². The van der Waals surface area contributed by atoms with Crippen molar-refractivity contribution >= 4 is 5.84 Å². The van der Waals surface area contributed by atoms with Crippen LogP contribution in [-0.4, -0.2) is 48.9 Å². The topological polar surface area (TPSA) is 56.4 Å². The van der Waals surface area contributed by atoms with Crippen LogP contribution < -0.4 is 5.73 Å². The van der Waals surface area contributed by atoms with Gasteiger partial charge in [0, 0.05) is 24.7 Å². The van der Waals surface area contributed by atoms with E-state index in [0.717, 1.165) is 18.7 Å². The van der Waals surface area contributed by atoms with E-state index in [1.165, 1.54) is 24.9 Å². The highest BCUT2D eigenvalue weighted by Gasteiger charge is 2.24. The van der Waals surface area contributed by atoms with Crippen molar-refractivity contribution in [3.05, 3.63) is 35.4 Å². The number of nitrogen functional groups attached to an aromatic ring is 1. The van der Waals surface area contributed by atoms with Crippen LogP contribution in [0.1, 0.15) is 24.0 Å². The van der Waals surface area contributed by atoms with Gasteiger partial charge in [-0.05, 0) is 45.1 Å². The van der Waals surface area contributed by atoms with Gasteiger partial charge in [0.2, 0.25) is 0 Å². The van der Waals surface area contributed by atoms with Gasteiger partial charge in [0.25, 0.3) is 0 Å². The van der Waals surface area contributed by atoms with Gasteiger partial charge >= 0.3 is 0 Å². The van der Waals surface area contributed by atoms with Gasteiger partial charge < -0.3 is 10.6 Å². The van der Waals surface area contributed by atoms with E-state index in [9.17, 15) is 0 Å². The van der Waals surface area contributed by atoms with Crippen LogP contribution in [-0.2, 0) is 6.54 Å². The third kappa shape index (κ3) is 3.78. The summed E-state index contributed by atoms with van der Waals surface area (Å²) in [6.07, 6.45) is 2.56. The Morgan fingerprint density at radius 3 is 2.95 bits per heavy atom. The van der Waals surface area contributed by atoms with Crippen LogP contribution in [0.25, 0.3) is 0 Å². The van der Waals surface area contributed by atoms with Crippen LogP contribution >= 0.6 is 0 Å². The van der Waals surface area contributed by atoms with E-state index < -0.39 is 0 Å². The molecule has 0 aliphatic carbocycles. The maximum absolute atomic E-state index is 7.51. The number of nitrogens with one attached hydrogen (secondary N) is 1. The van der Waals surface area contributed by atoms with E-state index in [2.05, 4.69) is 30.0 Å². The van der Waals surface area contributed by atoms with Gasteiger partial charge in [-0.15, -0.1) is 0 Å². The predicted octanol–water partition coefficient (Wildman–Crippen LogP) is 1.50. The van der Waals surface area contributed by atoms with E-state index in [1.54, 1.807) is 0 Å². The third-order valence-electron chi connectivity index (χ3n) is 3.70. The second-order valence-corrected chi connectivity index (χ2v) is 5.64. The van der Waals surface area contributed by atoms with Crippen molar-refractivity contribution in [2.24, 2.45) is 5.73 Å². The highest BCUT2D eigenvalue weighted by atomic mass is 15.2. The molecule has 1 saturated heterocycles. The quantitative estimate of drug-likeness (QED) is 0.623. The lowest BCUT2D eigenvalue weighted by atomic mass is 10.1. The zero-order chi connectivity index (χ0) is 13.8. The summed E-state index contributed by atoms with van der Waals surface area (Å²) in [6.45, 7) is 3.24. The van der Waals surface area contributed by atoms with Crippen LogP contribution in [0, 0.1) is 5.41 Å². The highest BCUT2D eigenvalue weighted by molar-refractivity contribution is 5.95. The molecule has 1 unspecified atom stereocenters. The zero-order valence-corrected chi connectivity index (χ0v) is 11.9. The van der Waals surface area contributed by atoms with Crippen LogP contribution in [0.3, 0.4) is 0 Å². The number of amidine groups is 1. The van der Waals surface area contributed by atoms with Crippen molar-refractivity contribution in [1.82, 2.24) is 9.80 Å². The number of nitrogens with two attached hydrogens (primary N) is 1. The minimum absolute atomic E-state index is 0.146. The zero-order valence-electron chi connectivity index (χ0n) is 11.9. The van der Waals surface area contributed by atoms with Crippen molar-refractivity contribution in [2.45, 2.75) is 25.4 Å². The molecule has 0 amide bonds. The second-order valence-electron chi connectivity index (χ2n) is 5.64. The number of rotatable bonds is 5. The van der Waals surface area contributed by atoms with Gasteiger partial charge in [0.15, 0.2) is 0 Å². The van der Waals surface area contributed by atoms with Gasteiger partial charge in [-0.3, -0.25) is 10.3 Å². The maximum atomic E-state index is 7.51. The summed E-state index contributed by atoms with van der Waals surface area (Å²) in [4.78, 5) is 4.80. The largest absolute Gasteiger partial charge is 0.384 e. The molecule has 1 aromatic carbocycles. The molecule has 3 N–H and O–H groups in total. The Morgan fingerprint density at radius 1 is 1.47 bits per heavy atom. The molecule has 0 saturated carbocycles. The van der Waals surface area contributed by atoms with Crippen molar-refractivity contribution in [2.75, 3.05) is 27.2 Å². The Balaban J connectivity index is 2.03. The van der Waals surface area contributed by atoms with Crippen molar-refractivity contribution < 1.29 is 0 Å². The van der Waals surface area contributed by atoms with Crippen molar-refractivity contribution in [1.29, 1.82) is 5.41 Å². The molecule has 1 aliphatic rings. The van der Waals surface area contributed by atoms with Gasteiger partial charge in [0.05, 0.1) is 0 Å². The Bertz CT molecular complexity index is 442. The molecule has 0 bridgehead atoms. The molecule has 104 valence electrons. The van der Waals surface area contributed by atoms with Gasteiger partial charge in [0.1, 0.15) is 5.84 Å². The van der Waals surface area contributed by atoms with Crippen LogP contribution in [0.15, 0.2) is 24.3 Å². The molecule has 1 atom stereocenters. The average molecular weight is 260 g/mol. The summed E-state index contributed by atoms with van der Waals surface area (Å²) in [5, 5.41) is 7.51. The molecule has 0 radical (unpaired) electrons. The smallest absolute Gasteiger partial charge is 0.122 e. The summed E-state index contributed by atoms with van der Waals surface area (Å²) in [6, 6.07) is 8.69. The molecule has 0 spiro atoms. The van der Waals surface area contributed by atoms with Gasteiger partial charge in [-0.1, -0.05) is 18.2 Å². The Labute approximate surface area is 115 Å². The lowest BCUT2D eigenvalue weighted by molar-refractivity contribution is 0.201. The standard InChI is InChI=1S/C15H24N4/c1-18(2)11-14-7-4-8-19(14)10-12-5-3-6-13(9-12)15(16)17/h3,5-6,9,14H,4,7-8,10-11H2,1-2H3,(H3,16,17). The van der Waals surface area contributed by atoms with Gasteiger partial charge in [-0.2, -0.15) is 0 Å². The first kappa shape index (κ1) is 14.0. The third-order valence-corrected chi connectivity index (χ3v) is 3.70. The minimum atomic E-state index is 0.146. The summed E-state index contributed by atoms with van der Waals surface area (Å²) in [7, 11) is 4.26. The van der Waals surface area contributed by atoms with E-state index in [-0.39, 0.29) is 5.84 Å². The number of likely N-dealkylation sites (tertiary alicyclic amines) is 1. The van der Waals surface area contributed by atoms with Gasteiger partial charge in [-0.25, -0.2) is 0 Å². The second kappa shape index (κ2) is 6.17. The number of likely N-dealkylation sites (N-methyl/N-ethyl adjacent to an activating group) is 1. The number of nitrogens with zero attached hydrogens (tertiary/aromatic N) is 2. The molecule has 1 aromatic rings. The molecule has 0 aromatic heterocycles. The summed E-state index contributed by atoms with van der Waals surface area (Å²) >= 11 is 0. The van der Waals surface area contributed by atoms with Crippen LogP contribution in [0.2, 0.25) is 0 Å². The molecule has 2 rings (SSSR count). The first-order valence-corrected chi connectivity index (χ1v) is 6.88.